The van der Waals surface area contributed by atoms with E-state index in [4.69, 9.17) is 4.74 Å². The second kappa shape index (κ2) is 4.10. The molecule has 0 atom stereocenters. The molecule has 12 heavy (non-hydrogen) atoms. The zero-order valence-corrected chi connectivity index (χ0v) is 7.43. The lowest BCUT2D eigenvalue weighted by Gasteiger charge is -2.06. The molecule has 0 amide bonds. The first-order valence-corrected chi connectivity index (χ1v) is 4.19. The average molecular weight is 168 g/mol. The quantitative estimate of drug-likeness (QED) is 0.674. The van der Waals surface area contributed by atoms with Gasteiger partial charge < -0.3 is 4.74 Å². The normalized spacial score (nSPS) is 9.92. The summed E-state index contributed by atoms with van der Waals surface area (Å²) in [7, 11) is 0. The monoisotopic (exact) mass is 168 g/mol. The summed E-state index contributed by atoms with van der Waals surface area (Å²) in [6.07, 6.45) is 0.701. The van der Waals surface area contributed by atoms with Crippen molar-refractivity contribution in [1.29, 1.82) is 0 Å². The second-order valence-corrected chi connectivity index (χ2v) is 2.52. The Morgan fingerprint density at radius 1 is 1.33 bits per heavy atom. The van der Waals surface area contributed by atoms with E-state index >= 15 is 0 Å². The summed E-state index contributed by atoms with van der Waals surface area (Å²) in [6.45, 7) is 4.27. The number of hydrogen-bond donors (Lipinski definition) is 0. The molecule has 0 spiro atoms. The molecule has 0 saturated carbocycles. The van der Waals surface area contributed by atoms with Crippen LogP contribution in [0, 0.1) is 5.82 Å². The number of halogens is 1. The van der Waals surface area contributed by atoms with Crippen LogP contribution in [-0.4, -0.2) is 6.61 Å². The fourth-order valence-electron chi connectivity index (χ4n) is 1.10. The summed E-state index contributed by atoms with van der Waals surface area (Å²) in [5.41, 5.74) is 0.709. The van der Waals surface area contributed by atoms with Gasteiger partial charge in [-0.2, -0.15) is 0 Å². The highest BCUT2D eigenvalue weighted by atomic mass is 19.1. The van der Waals surface area contributed by atoms with Crippen LogP contribution in [0.15, 0.2) is 18.2 Å². The number of rotatable bonds is 3. The molecule has 66 valence electrons. The van der Waals surface area contributed by atoms with Gasteiger partial charge in [-0.25, -0.2) is 4.39 Å². The van der Waals surface area contributed by atoms with Crippen molar-refractivity contribution in [2.24, 2.45) is 0 Å². The first-order chi connectivity index (χ1) is 5.79. The van der Waals surface area contributed by atoms with Crippen LogP contribution >= 0.6 is 0 Å². The average Bonchev–Trinajstić information content (AvgIpc) is 2.09. The molecule has 1 rings (SSSR count). The van der Waals surface area contributed by atoms with Gasteiger partial charge in [0.2, 0.25) is 0 Å². The molecule has 1 aromatic carbocycles. The maximum Gasteiger partial charge on any atom is 0.168 e. The Kier molecular flexibility index (Phi) is 3.09. The van der Waals surface area contributed by atoms with Crippen molar-refractivity contribution < 1.29 is 9.13 Å². The molecule has 0 radical (unpaired) electrons. The van der Waals surface area contributed by atoms with E-state index in [9.17, 15) is 4.39 Å². The van der Waals surface area contributed by atoms with E-state index in [1.807, 2.05) is 19.9 Å². The zero-order valence-electron chi connectivity index (χ0n) is 7.43. The SMILES string of the molecule is CCOc1cccc(CC)c1F. The van der Waals surface area contributed by atoms with Crippen LogP contribution < -0.4 is 4.74 Å². The minimum Gasteiger partial charge on any atom is -0.491 e. The van der Waals surface area contributed by atoms with Crippen LogP contribution in [0.1, 0.15) is 19.4 Å². The zero-order chi connectivity index (χ0) is 8.97. The van der Waals surface area contributed by atoms with E-state index in [2.05, 4.69) is 0 Å². The second-order valence-electron chi connectivity index (χ2n) is 2.52. The molecule has 0 saturated heterocycles. The summed E-state index contributed by atoms with van der Waals surface area (Å²) in [4.78, 5) is 0. The van der Waals surface area contributed by atoms with Crippen molar-refractivity contribution >= 4 is 0 Å². The standard InChI is InChI=1S/C10H13FO/c1-3-8-6-5-7-9(10(8)11)12-4-2/h5-7H,3-4H2,1-2H3. The highest BCUT2D eigenvalue weighted by Crippen LogP contribution is 2.20. The summed E-state index contributed by atoms with van der Waals surface area (Å²) < 4.78 is 18.4. The van der Waals surface area contributed by atoms with Crippen LogP contribution in [0.25, 0.3) is 0 Å². The van der Waals surface area contributed by atoms with Crippen LogP contribution in [0.3, 0.4) is 0 Å². The van der Waals surface area contributed by atoms with E-state index < -0.39 is 0 Å². The molecule has 1 nitrogen and oxygen atoms in total. The molecule has 0 unspecified atom stereocenters. The van der Waals surface area contributed by atoms with E-state index in [-0.39, 0.29) is 5.82 Å². The smallest absolute Gasteiger partial charge is 0.168 e. The fourth-order valence-corrected chi connectivity index (χ4v) is 1.10. The van der Waals surface area contributed by atoms with Crippen molar-refractivity contribution in [2.75, 3.05) is 6.61 Å². The lowest BCUT2D eigenvalue weighted by molar-refractivity contribution is 0.320. The molecule has 1 aromatic rings. The van der Waals surface area contributed by atoms with Gasteiger partial charge >= 0.3 is 0 Å². The van der Waals surface area contributed by atoms with Gasteiger partial charge in [-0.05, 0) is 25.0 Å². The van der Waals surface area contributed by atoms with E-state index in [1.165, 1.54) is 0 Å². The Balaban J connectivity index is 2.97. The Morgan fingerprint density at radius 2 is 2.08 bits per heavy atom. The number of benzene rings is 1. The third-order valence-electron chi connectivity index (χ3n) is 1.72. The van der Waals surface area contributed by atoms with Crippen LogP contribution in [0.5, 0.6) is 5.75 Å². The minimum atomic E-state index is -0.221. The highest BCUT2D eigenvalue weighted by molar-refractivity contribution is 5.30. The predicted octanol–water partition coefficient (Wildman–Crippen LogP) is 2.79. The van der Waals surface area contributed by atoms with Crippen LogP contribution in [0.2, 0.25) is 0 Å². The summed E-state index contributed by atoms with van der Waals surface area (Å²) in [5.74, 6) is 0.138. The van der Waals surface area contributed by atoms with Gasteiger partial charge in [0.1, 0.15) is 0 Å². The van der Waals surface area contributed by atoms with Gasteiger partial charge in [-0.15, -0.1) is 0 Å². The first-order valence-electron chi connectivity index (χ1n) is 4.19. The summed E-state index contributed by atoms with van der Waals surface area (Å²) in [6, 6.07) is 5.24. The molecular weight excluding hydrogens is 155 g/mol. The molecule has 0 bridgehead atoms. The molecule has 0 aliphatic carbocycles. The van der Waals surface area contributed by atoms with Gasteiger partial charge in [0.05, 0.1) is 6.61 Å². The molecule has 0 aliphatic rings. The van der Waals surface area contributed by atoms with Gasteiger partial charge in [-0.3, -0.25) is 0 Å². The van der Waals surface area contributed by atoms with E-state index in [0.29, 0.717) is 24.3 Å². The van der Waals surface area contributed by atoms with Gasteiger partial charge in [0.15, 0.2) is 11.6 Å². The molecular formula is C10H13FO. The summed E-state index contributed by atoms with van der Waals surface area (Å²) in [5, 5.41) is 0. The van der Waals surface area contributed by atoms with Crippen molar-refractivity contribution in [3.63, 3.8) is 0 Å². The summed E-state index contributed by atoms with van der Waals surface area (Å²) >= 11 is 0. The van der Waals surface area contributed by atoms with Crippen molar-refractivity contribution in [1.82, 2.24) is 0 Å². The number of aryl methyl sites for hydroxylation is 1. The lowest BCUT2D eigenvalue weighted by Crippen LogP contribution is -1.97. The van der Waals surface area contributed by atoms with Crippen LogP contribution in [0.4, 0.5) is 4.39 Å². The Bertz CT molecular complexity index is 258. The Labute approximate surface area is 72.2 Å². The van der Waals surface area contributed by atoms with E-state index in [1.54, 1.807) is 12.1 Å². The topological polar surface area (TPSA) is 9.23 Å². The van der Waals surface area contributed by atoms with Gasteiger partial charge in [-0.1, -0.05) is 19.1 Å². The Morgan fingerprint density at radius 3 is 2.67 bits per heavy atom. The molecule has 0 N–H and O–H groups in total. The van der Waals surface area contributed by atoms with Gasteiger partial charge in [0.25, 0.3) is 0 Å². The van der Waals surface area contributed by atoms with Crippen molar-refractivity contribution in [3.05, 3.63) is 29.6 Å². The number of hydrogen-bond acceptors (Lipinski definition) is 1. The van der Waals surface area contributed by atoms with Gasteiger partial charge in [0, 0.05) is 0 Å². The maximum absolute atomic E-state index is 13.3. The predicted molar refractivity (Wildman–Crippen MR) is 46.9 cm³/mol. The third kappa shape index (κ3) is 1.76. The number of ether oxygens (including phenoxy) is 1. The first kappa shape index (κ1) is 9.04. The largest absolute Gasteiger partial charge is 0.491 e. The molecule has 0 aliphatic heterocycles. The third-order valence-corrected chi connectivity index (χ3v) is 1.72. The fraction of sp³-hybridized carbons (Fsp3) is 0.400. The minimum absolute atomic E-state index is 0.221. The van der Waals surface area contributed by atoms with Crippen LogP contribution in [-0.2, 0) is 6.42 Å². The lowest BCUT2D eigenvalue weighted by atomic mass is 10.1. The van der Waals surface area contributed by atoms with Crippen molar-refractivity contribution in [3.8, 4) is 5.75 Å². The molecule has 2 heteroatoms. The highest BCUT2D eigenvalue weighted by Gasteiger charge is 2.05. The molecule has 0 heterocycles. The maximum atomic E-state index is 13.3. The molecule has 0 aromatic heterocycles. The Hall–Kier alpha value is -1.05. The van der Waals surface area contributed by atoms with Crippen molar-refractivity contribution in [2.45, 2.75) is 20.3 Å². The van der Waals surface area contributed by atoms with E-state index in [0.717, 1.165) is 0 Å². The molecule has 0 fully saturated rings.